The third-order valence-electron chi connectivity index (χ3n) is 5.59. The zero-order valence-corrected chi connectivity index (χ0v) is 16.6. The number of nitrogens with one attached hydrogen (secondary N) is 2. The first-order chi connectivity index (χ1) is 14.9. The van der Waals surface area contributed by atoms with Gasteiger partial charge in [0.05, 0.1) is 16.9 Å². The minimum atomic E-state index is -3.13. The molecule has 0 saturated carbocycles. The monoisotopic (exact) mass is 453 g/mol. The number of alkyl halides is 2. The number of anilines is 3. The predicted molar refractivity (Wildman–Crippen MR) is 108 cm³/mol. The molecule has 6 nitrogen and oxygen atoms in total. The molecule has 1 aromatic heterocycles. The van der Waals surface area contributed by atoms with Crippen LogP contribution in [0.2, 0.25) is 5.02 Å². The van der Waals surface area contributed by atoms with Crippen LogP contribution in [0.4, 0.5) is 34.8 Å². The lowest BCUT2D eigenvalue weighted by Gasteiger charge is -2.30. The summed E-state index contributed by atoms with van der Waals surface area (Å²) < 4.78 is 58.5. The lowest BCUT2D eigenvalue weighted by molar-refractivity contribution is -0.0499. The Morgan fingerprint density at radius 3 is 2.77 bits per heavy atom. The van der Waals surface area contributed by atoms with Gasteiger partial charge in [-0.05, 0) is 24.6 Å². The van der Waals surface area contributed by atoms with Gasteiger partial charge in [-0.25, -0.2) is 18.7 Å². The Hall–Kier alpha value is -2.85. The van der Waals surface area contributed by atoms with Crippen LogP contribution in [-0.4, -0.2) is 41.8 Å². The summed E-state index contributed by atoms with van der Waals surface area (Å²) in [5.74, 6) is -1.62. The van der Waals surface area contributed by atoms with Gasteiger partial charge in [0.2, 0.25) is 0 Å². The Morgan fingerprint density at radius 1 is 1.23 bits per heavy atom. The molecule has 0 aliphatic carbocycles. The SMILES string of the molecule is Fc1cc2ncnc(Nc3ccc(OC(F)F)c(Cl)c3F)c2cc1N1C[C@@H]2C[C@H]1CN2. The van der Waals surface area contributed by atoms with E-state index in [1.165, 1.54) is 18.5 Å². The molecule has 3 heterocycles. The summed E-state index contributed by atoms with van der Waals surface area (Å²) in [5.41, 5.74) is 0.672. The Balaban J connectivity index is 1.52. The summed E-state index contributed by atoms with van der Waals surface area (Å²) in [6.45, 7) is -1.65. The van der Waals surface area contributed by atoms with Gasteiger partial charge >= 0.3 is 6.61 Å². The van der Waals surface area contributed by atoms with Gasteiger partial charge in [-0.3, -0.25) is 0 Å². The molecule has 2 N–H and O–H groups in total. The molecule has 0 amide bonds. The maximum absolute atomic E-state index is 14.8. The summed E-state index contributed by atoms with van der Waals surface area (Å²) in [4.78, 5) is 10.3. The molecule has 0 radical (unpaired) electrons. The van der Waals surface area contributed by atoms with Crippen molar-refractivity contribution in [1.82, 2.24) is 15.3 Å². The summed E-state index contributed by atoms with van der Waals surface area (Å²) in [5, 5.41) is 6.07. The minimum Gasteiger partial charge on any atom is -0.433 e. The van der Waals surface area contributed by atoms with Gasteiger partial charge in [-0.15, -0.1) is 0 Å². The highest BCUT2D eigenvalue weighted by atomic mass is 35.5. The van der Waals surface area contributed by atoms with Crippen molar-refractivity contribution in [2.24, 2.45) is 0 Å². The molecule has 2 aliphatic rings. The molecule has 2 aliphatic heterocycles. The highest BCUT2D eigenvalue weighted by Gasteiger charge is 2.38. The Bertz CT molecular complexity index is 1160. The van der Waals surface area contributed by atoms with Crippen molar-refractivity contribution in [2.45, 2.75) is 25.1 Å². The van der Waals surface area contributed by atoms with Crippen molar-refractivity contribution in [1.29, 1.82) is 0 Å². The number of fused-ring (bicyclic) bond motifs is 3. The van der Waals surface area contributed by atoms with Crippen LogP contribution in [-0.2, 0) is 0 Å². The molecular formula is C20H16ClF4N5O. The van der Waals surface area contributed by atoms with E-state index in [-0.39, 0.29) is 17.5 Å². The van der Waals surface area contributed by atoms with E-state index in [0.717, 1.165) is 19.0 Å². The number of piperazine rings is 1. The third kappa shape index (κ3) is 3.59. The minimum absolute atomic E-state index is 0.0954. The molecule has 5 rings (SSSR count). The quantitative estimate of drug-likeness (QED) is 0.556. The Morgan fingerprint density at radius 2 is 2.06 bits per heavy atom. The van der Waals surface area contributed by atoms with Gasteiger partial charge in [-0.2, -0.15) is 8.78 Å². The number of hydrogen-bond donors (Lipinski definition) is 2. The molecule has 2 atom stereocenters. The first-order valence-electron chi connectivity index (χ1n) is 9.55. The van der Waals surface area contributed by atoms with Crippen LogP contribution in [0.25, 0.3) is 10.9 Å². The standard InChI is InChI=1S/C20H16ClF4N5O/c21-17-16(31-20(24)25)2-1-13(18(17)23)29-19-11-4-15(12(22)5-14(11)27-8-28-19)30-7-9-3-10(30)6-26-9/h1-2,4-5,8-10,20,26H,3,6-7H2,(H,27,28,29)/t9-,10-/m0/s1. The number of rotatable bonds is 5. The van der Waals surface area contributed by atoms with Crippen LogP contribution in [0.3, 0.4) is 0 Å². The number of ether oxygens (including phenoxy) is 1. The van der Waals surface area contributed by atoms with Crippen LogP contribution in [0.1, 0.15) is 6.42 Å². The summed E-state index contributed by atoms with van der Waals surface area (Å²) in [6, 6.07) is 5.83. The topological polar surface area (TPSA) is 62.3 Å². The predicted octanol–water partition coefficient (Wildman–Crippen LogP) is 4.46. The van der Waals surface area contributed by atoms with Crippen molar-refractivity contribution in [2.75, 3.05) is 23.3 Å². The van der Waals surface area contributed by atoms with Crippen molar-refractivity contribution in [3.05, 3.63) is 47.2 Å². The summed E-state index contributed by atoms with van der Waals surface area (Å²) in [6.07, 6.45) is 2.17. The number of benzene rings is 2. The fraction of sp³-hybridized carbons (Fsp3) is 0.300. The molecule has 162 valence electrons. The van der Waals surface area contributed by atoms with E-state index in [0.29, 0.717) is 29.2 Å². The number of aromatic nitrogens is 2. The largest absolute Gasteiger partial charge is 0.433 e. The van der Waals surface area contributed by atoms with Crippen LogP contribution in [0, 0.1) is 11.6 Å². The fourth-order valence-electron chi connectivity index (χ4n) is 4.18. The van der Waals surface area contributed by atoms with E-state index in [4.69, 9.17) is 11.6 Å². The Kier molecular flexibility index (Phi) is 4.98. The normalized spacial score (nSPS) is 20.1. The molecule has 0 spiro atoms. The smallest absolute Gasteiger partial charge is 0.387 e. The molecule has 11 heteroatoms. The molecule has 2 fully saturated rings. The number of hydrogen-bond acceptors (Lipinski definition) is 6. The van der Waals surface area contributed by atoms with Gasteiger partial charge in [0.15, 0.2) is 5.82 Å². The second-order valence-electron chi connectivity index (χ2n) is 7.43. The van der Waals surface area contributed by atoms with E-state index in [2.05, 4.69) is 25.3 Å². The first kappa shape index (κ1) is 20.1. The lowest BCUT2D eigenvalue weighted by Crippen LogP contribution is -2.44. The van der Waals surface area contributed by atoms with Crippen molar-refractivity contribution in [3.8, 4) is 5.75 Å². The van der Waals surface area contributed by atoms with Crippen LogP contribution >= 0.6 is 11.6 Å². The molecule has 0 unspecified atom stereocenters. The average Bonchev–Trinajstić information content (AvgIpc) is 3.36. The van der Waals surface area contributed by atoms with Gasteiger partial charge in [0.1, 0.15) is 28.7 Å². The third-order valence-corrected chi connectivity index (χ3v) is 5.94. The van der Waals surface area contributed by atoms with Gasteiger partial charge in [0.25, 0.3) is 0 Å². The highest BCUT2D eigenvalue weighted by molar-refractivity contribution is 6.32. The fourth-order valence-corrected chi connectivity index (χ4v) is 4.39. The molecule has 2 aromatic carbocycles. The number of halogens is 5. The van der Waals surface area contributed by atoms with Crippen molar-refractivity contribution >= 4 is 39.7 Å². The zero-order valence-electron chi connectivity index (χ0n) is 15.9. The zero-order chi connectivity index (χ0) is 21.7. The summed E-state index contributed by atoms with van der Waals surface area (Å²) in [7, 11) is 0. The van der Waals surface area contributed by atoms with Crippen LogP contribution in [0.15, 0.2) is 30.6 Å². The molecule has 2 bridgehead atoms. The van der Waals surface area contributed by atoms with Gasteiger partial charge in [0, 0.05) is 36.6 Å². The Labute approximate surface area is 179 Å². The second kappa shape index (κ2) is 7.69. The number of nitrogens with zero attached hydrogens (tertiary/aromatic N) is 3. The molecule has 2 saturated heterocycles. The van der Waals surface area contributed by atoms with E-state index in [9.17, 15) is 17.6 Å². The highest BCUT2D eigenvalue weighted by Crippen LogP contribution is 2.37. The second-order valence-corrected chi connectivity index (χ2v) is 7.81. The van der Waals surface area contributed by atoms with E-state index >= 15 is 0 Å². The molecule has 31 heavy (non-hydrogen) atoms. The maximum Gasteiger partial charge on any atom is 0.387 e. The van der Waals surface area contributed by atoms with Crippen LogP contribution in [0.5, 0.6) is 5.75 Å². The first-order valence-corrected chi connectivity index (χ1v) is 9.92. The van der Waals surface area contributed by atoms with Gasteiger partial charge in [-0.1, -0.05) is 11.6 Å². The average molecular weight is 454 g/mol. The molecular weight excluding hydrogens is 438 g/mol. The van der Waals surface area contributed by atoms with Crippen LogP contribution < -0.4 is 20.3 Å². The van der Waals surface area contributed by atoms with Crippen molar-refractivity contribution < 1.29 is 22.3 Å². The van der Waals surface area contributed by atoms with Crippen molar-refractivity contribution in [3.63, 3.8) is 0 Å². The maximum atomic E-state index is 14.8. The van der Waals surface area contributed by atoms with E-state index < -0.39 is 29.0 Å². The van der Waals surface area contributed by atoms with Gasteiger partial charge < -0.3 is 20.3 Å². The van der Waals surface area contributed by atoms with E-state index in [1.54, 1.807) is 6.07 Å². The van der Waals surface area contributed by atoms with E-state index in [1.807, 2.05) is 4.90 Å². The lowest BCUT2D eigenvalue weighted by atomic mass is 10.1. The summed E-state index contributed by atoms with van der Waals surface area (Å²) >= 11 is 5.83. The molecule has 3 aromatic rings.